The lowest BCUT2D eigenvalue weighted by Gasteiger charge is -2.49. The first kappa shape index (κ1) is 21.8. The molecule has 3 aromatic rings. The van der Waals surface area contributed by atoms with E-state index in [1.165, 1.54) is 28.8 Å². The van der Waals surface area contributed by atoms with Crippen LogP contribution in [0, 0.1) is 0 Å². The van der Waals surface area contributed by atoms with E-state index in [0.717, 1.165) is 16.5 Å². The number of benzene rings is 2. The fourth-order valence-electron chi connectivity index (χ4n) is 4.46. The number of hydrogen-bond acceptors (Lipinski definition) is 6. The minimum absolute atomic E-state index is 0.0523. The van der Waals surface area contributed by atoms with Crippen LogP contribution < -0.4 is 10.00 Å². The van der Waals surface area contributed by atoms with Crippen LogP contribution in [0.25, 0.3) is 16.5 Å². The van der Waals surface area contributed by atoms with Gasteiger partial charge in [0, 0.05) is 17.4 Å². The van der Waals surface area contributed by atoms with Gasteiger partial charge in [-0.05, 0) is 17.2 Å². The fraction of sp³-hybridized carbons (Fsp3) is 0.217. The third-order valence-corrected chi connectivity index (χ3v) is 7.44. The number of amides is 2. The van der Waals surface area contributed by atoms with E-state index in [1.54, 1.807) is 0 Å². The van der Waals surface area contributed by atoms with Crippen molar-refractivity contribution in [1.29, 1.82) is 0 Å². The van der Waals surface area contributed by atoms with Crippen LogP contribution in [-0.4, -0.2) is 60.4 Å². The van der Waals surface area contributed by atoms with Gasteiger partial charge < -0.3 is 20.6 Å². The number of nitrogens with one attached hydrogen (secondary N) is 1. The molecule has 2 amide bonds. The maximum Gasteiger partial charge on any atom is 0.352 e. The minimum Gasteiger partial charge on any atom is -0.504 e. The van der Waals surface area contributed by atoms with Crippen molar-refractivity contribution in [3.05, 3.63) is 59.4 Å². The first-order valence-corrected chi connectivity index (χ1v) is 11.5. The zero-order valence-electron chi connectivity index (χ0n) is 18.0. The summed E-state index contributed by atoms with van der Waals surface area (Å²) in [4.78, 5) is 36.5. The number of rotatable bonds is 6. The van der Waals surface area contributed by atoms with E-state index < -0.39 is 23.3 Å². The number of carbonyl (C=O) groups excluding carboxylic acids is 2. The number of carbonyl (C=O) groups is 3. The quantitative estimate of drug-likeness (QED) is 0.177. The third kappa shape index (κ3) is 3.36. The summed E-state index contributed by atoms with van der Waals surface area (Å²) in [6, 6.07) is 9.74. The van der Waals surface area contributed by atoms with Crippen molar-refractivity contribution in [2.45, 2.75) is 18.0 Å². The second-order valence-electron chi connectivity index (χ2n) is 8.16. The Hall–Kier alpha value is -3.99. The van der Waals surface area contributed by atoms with Crippen molar-refractivity contribution in [1.82, 2.24) is 14.9 Å². The molecule has 1 fully saturated rings. The Bertz CT molecular complexity index is 1380. The number of thioether (sulfide) groups is 1. The maximum atomic E-state index is 12.4. The van der Waals surface area contributed by atoms with Gasteiger partial charge in [0.2, 0.25) is 12.6 Å². The van der Waals surface area contributed by atoms with Gasteiger partial charge in [0.25, 0.3) is 5.91 Å². The molecule has 1 saturated heterocycles. The Balaban J connectivity index is 1.45. The lowest BCUT2D eigenvalue weighted by molar-refractivity contribution is -0.750. The fourth-order valence-corrected chi connectivity index (χ4v) is 5.85. The summed E-state index contributed by atoms with van der Waals surface area (Å²) in [7, 11) is 1.86. The average Bonchev–Trinajstić information content (AvgIpc) is 3.10. The Morgan fingerprint density at radius 3 is 2.62 bits per heavy atom. The summed E-state index contributed by atoms with van der Waals surface area (Å²) in [5.74, 6) is -1.60. The first-order chi connectivity index (χ1) is 16.3. The molecule has 2 aromatic carbocycles. The molecule has 3 heterocycles. The van der Waals surface area contributed by atoms with E-state index in [1.807, 2.05) is 46.9 Å². The molecule has 2 unspecified atom stereocenters. The van der Waals surface area contributed by atoms with Crippen LogP contribution in [0.3, 0.4) is 0 Å². The van der Waals surface area contributed by atoms with E-state index >= 15 is 0 Å². The van der Waals surface area contributed by atoms with Crippen molar-refractivity contribution in [2.75, 3.05) is 5.75 Å². The van der Waals surface area contributed by atoms with Crippen LogP contribution >= 0.6 is 11.8 Å². The second kappa shape index (κ2) is 8.10. The minimum atomic E-state index is -1.18. The molecule has 10 nitrogen and oxygen atoms in total. The van der Waals surface area contributed by atoms with Gasteiger partial charge in [-0.2, -0.15) is 0 Å². The van der Waals surface area contributed by atoms with Crippen LogP contribution in [-0.2, 0) is 28.0 Å². The van der Waals surface area contributed by atoms with Crippen LogP contribution in [0.15, 0.2) is 48.3 Å². The van der Waals surface area contributed by atoms with E-state index in [2.05, 4.69) is 5.32 Å². The number of aryl methyl sites for hydroxylation is 1. The number of nitrogens with zero attached hydrogens (tertiary/aromatic N) is 3. The van der Waals surface area contributed by atoms with Gasteiger partial charge in [-0.15, -0.1) is 21.1 Å². The van der Waals surface area contributed by atoms with Gasteiger partial charge in [-0.25, -0.2) is 4.79 Å². The van der Waals surface area contributed by atoms with Crippen LogP contribution in [0.1, 0.15) is 11.1 Å². The number of β-lactam (4-membered cyclic amide) rings is 1. The number of aromatic nitrogens is 2. The number of hydrogen-bond donors (Lipinski definition) is 4. The highest BCUT2D eigenvalue weighted by Gasteiger charge is 2.53. The molecular weight excluding hydrogens is 460 g/mol. The Morgan fingerprint density at radius 1 is 1.24 bits per heavy atom. The smallest absolute Gasteiger partial charge is 0.352 e. The summed E-state index contributed by atoms with van der Waals surface area (Å²) in [6.45, 7) is 0.482. The molecule has 4 N–H and O–H groups in total. The first-order valence-electron chi connectivity index (χ1n) is 10.4. The van der Waals surface area contributed by atoms with Crippen LogP contribution in [0.4, 0.5) is 0 Å². The molecule has 34 heavy (non-hydrogen) atoms. The van der Waals surface area contributed by atoms with Crippen molar-refractivity contribution < 1.29 is 34.4 Å². The summed E-state index contributed by atoms with van der Waals surface area (Å²) < 4.78 is 3.80. The van der Waals surface area contributed by atoms with Gasteiger partial charge in [0.15, 0.2) is 18.5 Å². The molecule has 1 aromatic heterocycles. The molecule has 0 saturated carbocycles. The van der Waals surface area contributed by atoms with Gasteiger partial charge >= 0.3 is 5.97 Å². The van der Waals surface area contributed by atoms with E-state index in [9.17, 15) is 29.7 Å². The van der Waals surface area contributed by atoms with E-state index in [-0.39, 0.29) is 17.2 Å². The lowest BCUT2D eigenvalue weighted by Crippen LogP contribution is -2.69. The zero-order chi connectivity index (χ0) is 24.1. The lowest BCUT2D eigenvalue weighted by atomic mass is 9.98. The standard InChI is InChI=1S/C23H20N4O6S/c1-25-9-14-6-17(29)18(30)7-16(14)26(25)8-12-2-4-13(5-3-12)15-10-34-22-19(24-11-28)21(31)27(22)20(15)23(32)33/h2-7,9,11,19,22H,8,10H2,1H3,(H3,24,28,29,32,33)/p+1. The van der Waals surface area contributed by atoms with Crippen molar-refractivity contribution in [3.8, 4) is 11.5 Å². The van der Waals surface area contributed by atoms with Crippen molar-refractivity contribution >= 4 is 46.5 Å². The predicted octanol–water partition coefficient (Wildman–Crippen LogP) is 0.751. The predicted molar refractivity (Wildman–Crippen MR) is 123 cm³/mol. The molecule has 174 valence electrons. The number of fused-ring (bicyclic) bond motifs is 2. The Labute approximate surface area is 197 Å². The molecule has 5 rings (SSSR count). The molecule has 2 atom stereocenters. The highest BCUT2D eigenvalue weighted by Crippen LogP contribution is 2.43. The zero-order valence-corrected chi connectivity index (χ0v) is 18.8. The molecule has 0 radical (unpaired) electrons. The summed E-state index contributed by atoms with van der Waals surface area (Å²) in [5, 5.41) is 32.3. The molecule has 0 aliphatic carbocycles. The van der Waals surface area contributed by atoms with Gasteiger partial charge in [-0.1, -0.05) is 24.3 Å². The van der Waals surface area contributed by atoms with E-state index in [4.69, 9.17) is 0 Å². The molecule has 11 heteroatoms. The second-order valence-corrected chi connectivity index (χ2v) is 9.27. The topological polar surface area (TPSA) is 136 Å². The summed E-state index contributed by atoms with van der Waals surface area (Å²) in [5.41, 5.74) is 2.90. The van der Waals surface area contributed by atoms with Gasteiger partial charge in [0.1, 0.15) is 29.2 Å². The number of aliphatic carboxylic acids is 1. The number of carboxylic acids is 1. The van der Waals surface area contributed by atoms with E-state index in [0.29, 0.717) is 29.8 Å². The summed E-state index contributed by atoms with van der Waals surface area (Å²) in [6.07, 6.45) is 2.30. The van der Waals surface area contributed by atoms with Crippen LogP contribution in [0.2, 0.25) is 0 Å². The maximum absolute atomic E-state index is 12.4. The van der Waals surface area contributed by atoms with Gasteiger partial charge in [0.05, 0.1) is 5.39 Å². The molecule has 2 aliphatic rings. The highest BCUT2D eigenvalue weighted by atomic mass is 32.2. The Kier molecular flexibility index (Phi) is 5.20. The normalized spacial score (nSPS) is 19.7. The molecule has 0 spiro atoms. The monoisotopic (exact) mass is 481 g/mol. The largest absolute Gasteiger partial charge is 0.504 e. The van der Waals surface area contributed by atoms with Crippen molar-refractivity contribution in [3.63, 3.8) is 0 Å². The SMILES string of the molecule is C[n+]1cc2cc(O)c(O)cc2n1Cc1ccc(C2=C(C(=O)O)N3C(=O)C(NC=O)C3SC2)cc1. The van der Waals surface area contributed by atoms with Crippen LogP contribution in [0.5, 0.6) is 11.5 Å². The molecule has 2 aliphatic heterocycles. The number of aromatic hydroxyl groups is 2. The third-order valence-electron chi connectivity index (χ3n) is 6.16. The number of phenolic OH excluding ortho intramolecular Hbond substituents is 2. The number of carboxylic acid groups (broad SMARTS) is 1. The average molecular weight is 482 g/mol. The van der Waals surface area contributed by atoms with Gasteiger partial charge in [-0.3, -0.25) is 14.5 Å². The summed E-state index contributed by atoms with van der Waals surface area (Å²) >= 11 is 1.41. The molecule has 0 bridgehead atoms. The number of phenols is 2. The Morgan fingerprint density at radius 2 is 1.94 bits per heavy atom. The molecular formula is C23H21N4O6S+. The van der Waals surface area contributed by atoms with Crippen molar-refractivity contribution in [2.24, 2.45) is 7.05 Å². The highest BCUT2D eigenvalue weighted by molar-refractivity contribution is 8.00.